The summed E-state index contributed by atoms with van der Waals surface area (Å²) in [4.78, 5) is 0. The van der Waals surface area contributed by atoms with Crippen molar-refractivity contribution in [2.45, 2.75) is 44.9 Å². The van der Waals surface area contributed by atoms with Crippen LogP contribution in [0.25, 0.3) is 0 Å². The van der Waals surface area contributed by atoms with Crippen LogP contribution in [0.5, 0.6) is 0 Å². The highest BCUT2D eigenvalue weighted by atomic mass is 32.2. The van der Waals surface area contributed by atoms with E-state index >= 15 is 0 Å². The zero-order chi connectivity index (χ0) is 13.2. The zero-order valence-corrected chi connectivity index (χ0v) is 12.1. The lowest BCUT2D eigenvalue weighted by atomic mass is 9.53. The van der Waals surface area contributed by atoms with Gasteiger partial charge in [0.15, 0.2) is 0 Å². The number of sulfonamides is 1. The lowest BCUT2D eigenvalue weighted by Gasteiger charge is -2.53. The number of hydrogen-bond acceptors (Lipinski definition) is 3. The van der Waals surface area contributed by atoms with Gasteiger partial charge in [-0.05, 0) is 55.9 Å². The maximum Gasteiger partial charge on any atom is 0.208 e. The molecule has 5 heteroatoms. The molecule has 106 valence electrons. The third-order valence-electron chi connectivity index (χ3n) is 5.17. The van der Waals surface area contributed by atoms with Crippen LogP contribution in [0.3, 0.4) is 0 Å². The summed E-state index contributed by atoms with van der Waals surface area (Å²) in [7, 11) is -3.07. The first kappa shape index (κ1) is 14.3. The lowest BCUT2D eigenvalue weighted by molar-refractivity contribution is -0.0177. The van der Waals surface area contributed by atoms with Gasteiger partial charge in [-0.25, -0.2) is 13.1 Å². The molecular formula is C13H26N2O2S. The van der Waals surface area contributed by atoms with E-state index in [4.69, 9.17) is 5.73 Å². The van der Waals surface area contributed by atoms with Gasteiger partial charge in [-0.2, -0.15) is 0 Å². The summed E-state index contributed by atoms with van der Waals surface area (Å²) in [5.41, 5.74) is 6.30. The summed E-state index contributed by atoms with van der Waals surface area (Å²) in [5, 5.41) is 0. The first-order valence-corrected chi connectivity index (χ1v) is 9.02. The van der Waals surface area contributed by atoms with Gasteiger partial charge in [0.1, 0.15) is 0 Å². The number of fused-ring (bicyclic) bond motifs is 2. The normalized spacial score (nSPS) is 36.6. The molecule has 0 radical (unpaired) electrons. The van der Waals surface area contributed by atoms with Crippen LogP contribution in [0.4, 0.5) is 0 Å². The molecule has 0 aliphatic heterocycles. The molecule has 2 rings (SSSR count). The average molecular weight is 274 g/mol. The molecule has 3 N–H and O–H groups in total. The maximum absolute atomic E-state index is 11.2. The predicted molar refractivity (Wildman–Crippen MR) is 73.6 cm³/mol. The number of nitrogens with two attached hydrogens (primary N) is 1. The Bertz CT molecular complexity index is 358. The topological polar surface area (TPSA) is 72.2 Å². The van der Waals surface area contributed by atoms with Crippen LogP contribution in [0.2, 0.25) is 0 Å². The second-order valence-electron chi connectivity index (χ2n) is 6.11. The van der Waals surface area contributed by atoms with Crippen molar-refractivity contribution in [2.24, 2.45) is 23.0 Å². The van der Waals surface area contributed by atoms with Crippen molar-refractivity contribution >= 4 is 10.0 Å². The molecule has 2 aliphatic carbocycles. The molecule has 0 saturated heterocycles. The Morgan fingerprint density at radius 3 is 2.06 bits per heavy atom. The van der Waals surface area contributed by atoms with Crippen molar-refractivity contribution in [3.63, 3.8) is 0 Å². The maximum atomic E-state index is 11.2. The molecule has 0 heterocycles. The Labute approximate surface area is 111 Å². The second-order valence-corrected chi connectivity index (χ2v) is 7.94. The number of nitrogens with one attached hydrogen (secondary N) is 1. The van der Waals surface area contributed by atoms with Crippen LogP contribution in [-0.4, -0.2) is 27.8 Å². The molecule has 2 fully saturated rings. The Morgan fingerprint density at radius 1 is 1.17 bits per heavy atom. The van der Waals surface area contributed by atoms with Gasteiger partial charge in [-0.1, -0.05) is 12.8 Å². The van der Waals surface area contributed by atoms with Gasteiger partial charge < -0.3 is 5.73 Å². The first-order valence-electron chi connectivity index (χ1n) is 7.12. The second kappa shape index (κ2) is 5.47. The van der Waals surface area contributed by atoms with Crippen molar-refractivity contribution in [3.05, 3.63) is 0 Å². The molecule has 2 aliphatic rings. The summed E-state index contributed by atoms with van der Waals surface area (Å²) in [6.45, 7) is 1.26. The molecule has 2 saturated carbocycles. The molecule has 4 nitrogen and oxygen atoms in total. The molecule has 0 spiro atoms. The molecule has 0 aromatic rings. The van der Waals surface area contributed by atoms with E-state index in [1.54, 1.807) is 0 Å². The molecule has 0 amide bonds. The van der Waals surface area contributed by atoms with Crippen molar-refractivity contribution in [1.29, 1.82) is 0 Å². The summed E-state index contributed by atoms with van der Waals surface area (Å²) >= 11 is 0. The predicted octanol–water partition coefficient (Wildman–Crippen LogP) is 1.47. The smallest absolute Gasteiger partial charge is 0.208 e. The minimum atomic E-state index is -3.07. The third-order valence-corrected chi connectivity index (χ3v) is 5.90. The first-order chi connectivity index (χ1) is 8.48. The summed E-state index contributed by atoms with van der Waals surface area (Å²) < 4.78 is 25.0. The van der Waals surface area contributed by atoms with Crippen LogP contribution in [0, 0.1) is 17.3 Å². The van der Waals surface area contributed by atoms with Crippen molar-refractivity contribution < 1.29 is 8.42 Å². The largest absolute Gasteiger partial charge is 0.330 e. The molecule has 0 aromatic carbocycles. The van der Waals surface area contributed by atoms with E-state index < -0.39 is 10.0 Å². The van der Waals surface area contributed by atoms with E-state index in [-0.39, 0.29) is 5.41 Å². The van der Waals surface area contributed by atoms with Crippen LogP contribution >= 0.6 is 0 Å². The zero-order valence-electron chi connectivity index (χ0n) is 11.3. The molecule has 0 atom stereocenters. The van der Waals surface area contributed by atoms with Crippen LogP contribution in [0.15, 0.2) is 0 Å². The van der Waals surface area contributed by atoms with Gasteiger partial charge in [-0.15, -0.1) is 0 Å². The molecule has 0 aromatic heterocycles. The Morgan fingerprint density at radius 2 is 1.67 bits per heavy atom. The van der Waals surface area contributed by atoms with Gasteiger partial charge >= 0.3 is 0 Å². The van der Waals surface area contributed by atoms with E-state index in [0.717, 1.165) is 18.3 Å². The summed E-state index contributed by atoms with van der Waals surface area (Å²) in [5.74, 6) is 1.44. The highest BCUT2D eigenvalue weighted by Gasteiger charge is 2.47. The van der Waals surface area contributed by atoms with Crippen LogP contribution in [0.1, 0.15) is 44.9 Å². The molecule has 18 heavy (non-hydrogen) atoms. The average Bonchev–Trinajstić information content (AvgIpc) is 2.26. The third kappa shape index (κ3) is 2.89. The van der Waals surface area contributed by atoms with Gasteiger partial charge in [0, 0.05) is 6.54 Å². The highest BCUT2D eigenvalue weighted by Crippen LogP contribution is 2.54. The quantitative estimate of drug-likeness (QED) is 0.797. The number of hydrogen-bond donors (Lipinski definition) is 2. The van der Waals surface area contributed by atoms with E-state index in [1.165, 1.54) is 44.8 Å². The fraction of sp³-hybridized carbons (Fsp3) is 1.00. The fourth-order valence-corrected chi connectivity index (χ4v) is 4.78. The standard InChI is InChI=1S/C13H26N2O2S/c1-18(16,17)15-9-8-13(10-14)11-4-2-5-12(13)7-3-6-11/h11-12,15H,2-10,14H2,1H3. The van der Waals surface area contributed by atoms with E-state index in [9.17, 15) is 8.42 Å². The minimum Gasteiger partial charge on any atom is -0.330 e. The Hall–Kier alpha value is -0.130. The Balaban J connectivity index is 2.04. The lowest BCUT2D eigenvalue weighted by Crippen LogP contribution is -2.50. The van der Waals surface area contributed by atoms with Gasteiger partial charge in [-0.3, -0.25) is 0 Å². The molecule has 0 unspecified atom stereocenters. The van der Waals surface area contributed by atoms with E-state index in [2.05, 4.69) is 4.72 Å². The summed E-state index contributed by atoms with van der Waals surface area (Å²) in [6.07, 6.45) is 9.93. The van der Waals surface area contributed by atoms with E-state index in [1.807, 2.05) is 0 Å². The van der Waals surface area contributed by atoms with Crippen LogP contribution < -0.4 is 10.5 Å². The fourth-order valence-electron chi connectivity index (χ4n) is 4.31. The van der Waals surface area contributed by atoms with Crippen molar-refractivity contribution in [1.82, 2.24) is 4.72 Å². The molecule has 2 bridgehead atoms. The van der Waals surface area contributed by atoms with Gasteiger partial charge in [0.05, 0.1) is 6.26 Å². The van der Waals surface area contributed by atoms with Crippen LogP contribution in [-0.2, 0) is 10.0 Å². The van der Waals surface area contributed by atoms with E-state index in [0.29, 0.717) is 13.1 Å². The van der Waals surface area contributed by atoms with Gasteiger partial charge in [0.25, 0.3) is 0 Å². The minimum absolute atomic E-state index is 0.203. The molecular weight excluding hydrogens is 248 g/mol. The number of rotatable bonds is 5. The van der Waals surface area contributed by atoms with Gasteiger partial charge in [0.2, 0.25) is 10.0 Å². The van der Waals surface area contributed by atoms with Crippen molar-refractivity contribution in [3.8, 4) is 0 Å². The SMILES string of the molecule is CS(=O)(=O)NCCC1(CN)C2CCCC1CCC2. The Kier molecular flexibility index (Phi) is 4.34. The summed E-state index contributed by atoms with van der Waals surface area (Å²) in [6, 6.07) is 0. The van der Waals surface area contributed by atoms with Crippen molar-refractivity contribution in [2.75, 3.05) is 19.3 Å². The highest BCUT2D eigenvalue weighted by molar-refractivity contribution is 7.88. The monoisotopic (exact) mass is 274 g/mol.